The van der Waals surface area contributed by atoms with E-state index in [4.69, 9.17) is 0 Å². The molecular weight excluding hydrogens is 312 g/mol. The third-order valence-electron chi connectivity index (χ3n) is 5.29. The van der Waals surface area contributed by atoms with E-state index in [9.17, 15) is 15.0 Å². The summed E-state index contributed by atoms with van der Waals surface area (Å²) in [5, 5.41) is 19.4. The van der Waals surface area contributed by atoms with Gasteiger partial charge < -0.3 is 10.2 Å². The molecule has 0 radical (unpaired) electrons. The molecule has 3 heteroatoms. The number of aliphatic hydroxyl groups is 1. The molecular formula is C22H44O3. The molecule has 0 spiro atoms. The van der Waals surface area contributed by atoms with Gasteiger partial charge in [-0.1, -0.05) is 110 Å². The van der Waals surface area contributed by atoms with Crippen molar-refractivity contribution in [2.24, 2.45) is 0 Å². The first-order valence-corrected chi connectivity index (χ1v) is 11.0. The number of hydrogen-bond acceptors (Lipinski definition) is 2. The fourth-order valence-electron chi connectivity index (χ4n) is 3.42. The van der Waals surface area contributed by atoms with Crippen LogP contribution < -0.4 is 0 Å². The summed E-state index contributed by atoms with van der Waals surface area (Å²) in [6, 6.07) is 0. The predicted octanol–water partition coefficient (Wildman–Crippen LogP) is 6.86. The van der Waals surface area contributed by atoms with Gasteiger partial charge in [-0.25, -0.2) is 4.79 Å². The number of rotatable bonds is 19. The van der Waals surface area contributed by atoms with Gasteiger partial charge in [0.1, 0.15) is 0 Å². The molecule has 150 valence electrons. The van der Waals surface area contributed by atoms with E-state index in [1.54, 1.807) is 0 Å². The van der Waals surface area contributed by atoms with Crippen molar-refractivity contribution in [3.05, 3.63) is 0 Å². The Balaban J connectivity index is 3.41. The molecule has 0 amide bonds. The Morgan fingerprint density at radius 1 is 0.600 bits per heavy atom. The van der Waals surface area contributed by atoms with E-state index in [0.29, 0.717) is 12.8 Å². The predicted molar refractivity (Wildman–Crippen MR) is 107 cm³/mol. The molecule has 0 aliphatic carbocycles. The van der Waals surface area contributed by atoms with Crippen LogP contribution in [0.3, 0.4) is 0 Å². The van der Waals surface area contributed by atoms with Gasteiger partial charge in [-0.2, -0.15) is 0 Å². The molecule has 0 aliphatic rings. The van der Waals surface area contributed by atoms with Crippen molar-refractivity contribution in [2.75, 3.05) is 0 Å². The number of unbranched alkanes of at least 4 members (excludes halogenated alkanes) is 14. The molecule has 0 aliphatic heterocycles. The fourth-order valence-corrected chi connectivity index (χ4v) is 3.42. The van der Waals surface area contributed by atoms with Gasteiger partial charge in [0.15, 0.2) is 5.60 Å². The summed E-state index contributed by atoms with van der Waals surface area (Å²) in [5.41, 5.74) is -1.49. The number of hydrogen-bond donors (Lipinski definition) is 2. The zero-order valence-electron chi connectivity index (χ0n) is 17.0. The van der Waals surface area contributed by atoms with Crippen molar-refractivity contribution in [3.63, 3.8) is 0 Å². The van der Waals surface area contributed by atoms with Gasteiger partial charge in [-0.15, -0.1) is 0 Å². The molecule has 2 N–H and O–H groups in total. The van der Waals surface area contributed by atoms with Crippen LogP contribution in [0.1, 0.15) is 129 Å². The highest BCUT2D eigenvalue weighted by Gasteiger charge is 2.34. The van der Waals surface area contributed by atoms with E-state index in [2.05, 4.69) is 6.92 Å². The van der Waals surface area contributed by atoms with Crippen molar-refractivity contribution in [3.8, 4) is 0 Å². The van der Waals surface area contributed by atoms with Crippen molar-refractivity contribution < 1.29 is 15.0 Å². The quantitative estimate of drug-likeness (QED) is 0.248. The molecule has 0 saturated carbocycles. The van der Waals surface area contributed by atoms with Crippen LogP contribution in [0.15, 0.2) is 0 Å². The topological polar surface area (TPSA) is 57.5 Å². The highest BCUT2D eigenvalue weighted by Crippen LogP contribution is 2.23. The second kappa shape index (κ2) is 16.9. The minimum atomic E-state index is -1.49. The van der Waals surface area contributed by atoms with Crippen LogP contribution in [-0.4, -0.2) is 21.8 Å². The van der Waals surface area contributed by atoms with Crippen LogP contribution >= 0.6 is 0 Å². The Morgan fingerprint density at radius 3 is 1.28 bits per heavy atom. The molecule has 0 bridgehead atoms. The van der Waals surface area contributed by atoms with E-state index in [0.717, 1.165) is 25.7 Å². The van der Waals surface area contributed by atoms with Crippen LogP contribution in [0.2, 0.25) is 0 Å². The molecule has 0 fully saturated rings. The number of aliphatic carboxylic acids is 1. The largest absolute Gasteiger partial charge is 0.479 e. The summed E-state index contributed by atoms with van der Waals surface area (Å²) < 4.78 is 0. The molecule has 0 aromatic rings. The Hall–Kier alpha value is -0.570. The van der Waals surface area contributed by atoms with Gasteiger partial charge >= 0.3 is 5.97 Å². The number of carbonyl (C=O) groups is 1. The lowest BCUT2D eigenvalue weighted by molar-refractivity contribution is -0.160. The lowest BCUT2D eigenvalue weighted by atomic mass is 9.90. The van der Waals surface area contributed by atoms with Crippen molar-refractivity contribution in [2.45, 2.75) is 135 Å². The van der Waals surface area contributed by atoms with Crippen LogP contribution in [0.25, 0.3) is 0 Å². The average molecular weight is 357 g/mol. The van der Waals surface area contributed by atoms with Crippen LogP contribution in [0, 0.1) is 0 Å². The highest BCUT2D eigenvalue weighted by atomic mass is 16.4. The molecule has 0 saturated heterocycles. The lowest BCUT2D eigenvalue weighted by Crippen LogP contribution is -2.38. The first-order chi connectivity index (χ1) is 12.1. The molecule has 1 atom stereocenters. The van der Waals surface area contributed by atoms with Crippen molar-refractivity contribution >= 4 is 5.97 Å². The molecule has 0 aromatic carbocycles. The summed E-state index contributed by atoms with van der Waals surface area (Å²) >= 11 is 0. The van der Waals surface area contributed by atoms with E-state index in [1.165, 1.54) is 77.0 Å². The maximum atomic E-state index is 11.2. The summed E-state index contributed by atoms with van der Waals surface area (Å²) in [4.78, 5) is 11.2. The summed E-state index contributed by atoms with van der Waals surface area (Å²) in [6.45, 7) is 4.29. The highest BCUT2D eigenvalue weighted by molar-refractivity contribution is 5.76. The van der Waals surface area contributed by atoms with Gasteiger partial charge in [-0.3, -0.25) is 0 Å². The molecule has 1 unspecified atom stereocenters. The second-order valence-electron chi connectivity index (χ2n) is 7.79. The van der Waals surface area contributed by atoms with Gasteiger partial charge in [0, 0.05) is 0 Å². The number of carboxylic acid groups (broad SMARTS) is 1. The second-order valence-corrected chi connectivity index (χ2v) is 7.79. The molecule has 0 aromatic heterocycles. The molecule has 25 heavy (non-hydrogen) atoms. The first kappa shape index (κ1) is 24.4. The normalized spacial score (nSPS) is 13.7. The van der Waals surface area contributed by atoms with Crippen LogP contribution in [0.5, 0.6) is 0 Å². The summed E-state index contributed by atoms with van der Waals surface area (Å²) in [6.07, 6.45) is 20.5. The Bertz CT molecular complexity index is 304. The third kappa shape index (κ3) is 14.3. The van der Waals surface area contributed by atoms with Crippen LogP contribution in [0.4, 0.5) is 0 Å². The Kier molecular flexibility index (Phi) is 16.5. The lowest BCUT2D eigenvalue weighted by Gasteiger charge is -2.23. The number of carboxylic acids is 1. The van der Waals surface area contributed by atoms with Crippen molar-refractivity contribution in [1.29, 1.82) is 0 Å². The van der Waals surface area contributed by atoms with Crippen LogP contribution in [-0.2, 0) is 4.79 Å². The van der Waals surface area contributed by atoms with Crippen molar-refractivity contribution in [1.82, 2.24) is 0 Å². The Labute approximate surface area is 156 Å². The Morgan fingerprint density at radius 2 is 0.920 bits per heavy atom. The molecule has 3 nitrogen and oxygen atoms in total. The maximum Gasteiger partial charge on any atom is 0.335 e. The van der Waals surface area contributed by atoms with Gasteiger partial charge in [-0.05, 0) is 19.3 Å². The molecule has 0 rings (SSSR count). The van der Waals surface area contributed by atoms with E-state index < -0.39 is 11.6 Å². The van der Waals surface area contributed by atoms with E-state index >= 15 is 0 Å². The molecule has 0 heterocycles. The smallest absolute Gasteiger partial charge is 0.335 e. The zero-order valence-corrected chi connectivity index (χ0v) is 17.0. The van der Waals surface area contributed by atoms with Gasteiger partial charge in [0.25, 0.3) is 0 Å². The SMILES string of the molecule is CCCCCCCCCCCCCCCCC(O)(CCCC)C(=O)O. The fraction of sp³-hybridized carbons (Fsp3) is 0.955. The minimum absolute atomic E-state index is 0.386. The first-order valence-electron chi connectivity index (χ1n) is 11.0. The van der Waals surface area contributed by atoms with E-state index in [1.807, 2.05) is 6.92 Å². The van der Waals surface area contributed by atoms with E-state index in [-0.39, 0.29) is 0 Å². The minimum Gasteiger partial charge on any atom is -0.479 e. The maximum absolute atomic E-state index is 11.2. The third-order valence-corrected chi connectivity index (χ3v) is 5.29. The average Bonchev–Trinajstić information content (AvgIpc) is 2.60. The van der Waals surface area contributed by atoms with Gasteiger partial charge in [0.2, 0.25) is 0 Å². The monoisotopic (exact) mass is 356 g/mol. The standard InChI is InChI=1S/C22H44O3/c1-3-5-7-8-9-10-11-12-13-14-15-16-17-18-20-22(25,21(23)24)19-6-4-2/h25H,3-20H2,1-2H3,(H,23,24). The zero-order chi connectivity index (χ0) is 18.8. The summed E-state index contributed by atoms with van der Waals surface area (Å²) in [7, 11) is 0. The summed E-state index contributed by atoms with van der Waals surface area (Å²) in [5.74, 6) is -1.05. The van der Waals surface area contributed by atoms with Gasteiger partial charge in [0.05, 0.1) is 0 Å².